The first-order valence-corrected chi connectivity index (χ1v) is 8.25. The Bertz CT molecular complexity index is 568. The normalized spacial score (nSPS) is 15.9. The number of halogens is 1. The molecule has 0 saturated heterocycles. The lowest BCUT2D eigenvalue weighted by Gasteiger charge is -2.20. The number of hydrogen-bond acceptors (Lipinski definition) is 2. The van der Waals surface area contributed by atoms with Gasteiger partial charge in [0.05, 0.1) is 12.7 Å². The summed E-state index contributed by atoms with van der Waals surface area (Å²) in [5.41, 5.74) is 2.42. The standard InChI is InChI=1S/C18H20BrNO/c19-17-9-5-4-8-16(17)18(12-20-15-10-11-15)21-13-14-6-2-1-3-7-14/h1-9,15,18,20H,10-13H2. The van der Waals surface area contributed by atoms with Crippen LogP contribution in [0.1, 0.15) is 30.1 Å². The van der Waals surface area contributed by atoms with Crippen molar-refractivity contribution in [1.29, 1.82) is 0 Å². The van der Waals surface area contributed by atoms with Crippen LogP contribution in [0.5, 0.6) is 0 Å². The monoisotopic (exact) mass is 345 g/mol. The summed E-state index contributed by atoms with van der Waals surface area (Å²) in [6.07, 6.45) is 2.66. The van der Waals surface area contributed by atoms with Gasteiger partial charge in [-0.3, -0.25) is 0 Å². The second-order valence-corrected chi connectivity index (χ2v) is 6.34. The van der Waals surface area contributed by atoms with E-state index in [0.29, 0.717) is 12.6 Å². The van der Waals surface area contributed by atoms with Gasteiger partial charge in [-0.25, -0.2) is 0 Å². The van der Waals surface area contributed by atoms with Crippen LogP contribution in [0.4, 0.5) is 0 Å². The molecule has 1 unspecified atom stereocenters. The largest absolute Gasteiger partial charge is 0.367 e. The molecule has 2 aromatic rings. The maximum atomic E-state index is 6.18. The SMILES string of the molecule is Brc1ccccc1C(CNC1CC1)OCc1ccccc1. The third-order valence-corrected chi connectivity index (χ3v) is 4.44. The smallest absolute Gasteiger partial charge is 0.0964 e. The number of hydrogen-bond donors (Lipinski definition) is 1. The topological polar surface area (TPSA) is 21.3 Å². The highest BCUT2D eigenvalue weighted by Gasteiger charge is 2.23. The van der Waals surface area contributed by atoms with Crippen molar-refractivity contribution in [1.82, 2.24) is 5.32 Å². The van der Waals surface area contributed by atoms with E-state index in [1.807, 2.05) is 12.1 Å². The average Bonchev–Trinajstić information content (AvgIpc) is 3.34. The Hall–Kier alpha value is -1.16. The minimum atomic E-state index is 0.0707. The molecule has 1 aliphatic carbocycles. The fourth-order valence-corrected chi connectivity index (χ4v) is 2.87. The molecule has 1 fully saturated rings. The van der Waals surface area contributed by atoms with Crippen molar-refractivity contribution in [3.05, 3.63) is 70.2 Å². The molecule has 1 N–H and O–H groups in total. The van der Waals surface area contributed by atoms with Crippen molar-refractivity contribution in [3.63, 3.8) is 0 Å². The van der Waals surface area contributed by atoms with Crippen LogP contribution >= 0.6 is 15.9 Å². The van der Waals surface area contributed by atoms with E-state index < -0.39 is 0 Å². The Labute approximate surface area is 134 Å². The van der Waals surface area contributed by atoms with E-state index in [4.69, 9.17) is 4.74 Å². The third-order valence-electron chi connectivity index (χ3n) is 3.72. The molecule has 21 heavy (non-hydrogen) atoms. The molecule has 110 valence electrons. The lowest BCUT2D eigenvalue weighted by Crippen LogP contribution is -2.25. The lowest BCUT2D eigenvalue weighted by molar-refractivity contribution is 0.0391. The van der Waals surface area contributed by atoms with Crippen molar-refractivity contribution < 1.29 is 4.74 Å². The third kappa shape index (κ3) is 4.40. The predicted molar refractivity (Wildman–Crippen MR) is 89.1 cm³/mol. The molecule has 0 radical (unpaired) electrons. The van der Waals surface area contributed by atoms with Crippen LogP contribution in [-0.2, 0) is 11.3 Å². The van der Waals surface area contributed by atoms with Gasteiger partial charge in [0, 0.05) is 17.1 Å². The molecule has 1 atom stereocenters. The Balaban J connectivity index is 1.67. The first-order valence-electron chi connectivity index (χ1n) is 7.46. The molecule has 2 aromatic carbocycles. The Morgan fingerprint density at radius 3 is 2.48 bits per heavy atom. The van der Waals surface area contributed by atoms with Gasteiger partial charge < -0.3 is 10.1 Å². The molecular formula is C18H20BrNO. The van der Waals surface area contributed by atoms with Crippen molar-refractivity contribution in [2.45, 2.75) is 31.6 Å². The molecule has 0 aliphatic heterocycles. The Morgan fingerprint density at radius 1 is 1.05 bits per heavy atom. The molecule has 0 amide bonds. The predicted octanol–water partition coefficient (Wildman–Crippen LogP) is 4.46. The summed E-state index contributed by atoms with van der Waals surface area (Å²) in [6, 6.07) is 19.3. The van der Waals surface area contributed by atoms with Crippen LogP contribution in [0.25, 0.3) is 0 Å². The molecule has 3 rings (SSSR count). The minimum Gasteiger partial charge on any atom is -0.367 e. The van der Waals surface area contributed by atoms with E-state index in [1.165, 1.54) is 24.0 Å². The summed E-state index contributed by atoms with van der Waals surface area (Å²) in [5, 5.41) is 3.57. The van der Waals surface area contributed by atoms with E-state index in [2.05, 4.69) is 63.7 Å². The Kier molecular flexibility index (Phi) is 5.07. The van der Waals surface area contributed by atoms with Crippen molar-refractivity contribution in [2.75, 3.05) is 6.54 Å². The van der Waals surface area contributed by atoms with Gasteiger partial charge in [-0.1, -0.05) is 64.5 Å². The van der Waals surface area contributed by atoms with Crippen LogP contribution in [0.2, 0.25) is 0 Å². The van der Waals surface area contributed by atoms with Crippen LogP contribution in [0.15, 0.2) is 59.1 Å². The zero-order valence-corrected chi connectivity index (χ0v) is 13.6. The lowest BCUT2D eigenvalue weighted by atomic mass is 10.1. The quantitative estimate of drug-likeness (QED) is 0.799. The summed E-state index contributed by atoms with van der Waals surface area (Å²) in [7, 11) is 0. The molecule has 2 nitrogen and oxygen atoms in total. The summed E-state index contributed by atoms with van der Waals surface area (Å²) < 4.78 is 7.29. The van der Waals surface area contributed by atoms with Gasteiger partial charge >= 0.3 is 0 Å². The fourth-order valence-electron chi connectivity index (χ4n) is 2.33. The zero-order chi connectivity index (χ0) is 14.5. The van der Waals surface area contributed by atoms with Gasteiger partial charge in [0.2, 0.25) is 0 Å². The number of ether oxygens (including phenoxy) is 1. The van der Waals surface area contributed by atoms with Gasteiger partial charge in [-0.2, -0.15) is 0 Å². The first-order chi connectivity index (χ1) is 10.3. The van der Waals surface area contributed by atoms with Gasteiger partial charge in [0.1, 0.15) is 0 Å². The molecular weight excluding hydrogens is 326 g/mol. The van der Waals surface area contributed by atoms with Crippen molar-refractivity contribution >= 4 is 15.9 Å². The molecule has 1 saturated carbocycles. The molecule has 3 heteroatoms. The number of benzene rings is 2. The highest BCUT2D eigenvalue weighted by molar-refractivity contribution is 9.10. The van der Waals surface area contributed by atoms with E-state index in [1.54, 1.807) is 0 Å². The van der Waals surface area contributed by atoms with E-state index in [-0.39, 0.29) is 6.10 Å². The van der Waals surface area contributed by atoms with Crippen LogP contribution < -0.4 is 5.32 Å². The highest BCUT2D eigenvalue weighted by atomic mass is 79.9. The maximum Gasteiger partial charge on any atom is 0.0964 e. The number of rotatable bonds is 7. The summed E-state index contributed by atoms with van der Waals surface area (Å²) in [6.45, 7) is 1.50. The van der Waals surface area contributed by atoms with Gasteiger partial charge in [0.25, 0.3) is 0 Å². The maximum absolute atomic E-state index is 6.18. The minimum absolute atomic E-state index is 0.0707. The van der Waals surface area contributed by atoms with E-state index in [0.717, 1.165) is 11.0 Å². The van der Waals surface area contributed by atoms with Gasteiger partial charge in [-0.15, -0.1) is 0 Å². The highest BCUT2D eigenvalue weighted by Crippen LogP contribution is 2.28. The summed E-state index contributed by atoms with van der Waals surface area (Å²) in [5.74, 6) is 0. The van der Waals surface area contributed by atoms with Gasteiger partial charge in [0.15, 0.2) is 0 Å². The van der Waals surface area contributed by atoms with E-state index in [9.17, 15) is 0 Å². The van der Waals surface area contributed by atoms with Crippen LogP contribution in [-0.4, -0.2) is 12.6 Å². The second-order valence-electron chi connectivity index (χ2n) is 5.49. The van der Waals surface area contributed by atoms with E-state index >= 15 is 0 Å². The van der Waals surface area contributed by atoms with Crippen molar-refractivity contribution in [2.24, 2.45) is 0 Å². The van der Waals surface area contributed by atoms with Gasteiger partial charge in [-0.05, 0) is 30.0 Å². The van der Waals surface area contributed by atoms with Crippen LogP contribution in [0, 0.1) is 0 Å². The average molecular weight is 346 g/mol. The Morgan fingerprint density at radius 2 is 1.76 bits per heavy atom. The molecule has 0 heterocycles. The number of nitrogens with one attached hydrogen (secondary N) is 1. The molecule has 1 aliphatic rings. The van der Waals surface area contributed by atoms with Crippen LogP contribution in [0.3, 0.4) is 0 Å². The zero-order valence-electron chi connectivity index (χ0n) is 12.0. The fraction of sp³-hybridized carbons (Fsp3) is 0.333. The van der Waals surface area contributed by atoms with Crippen molar-refractivity contribution in [3.8, 4) is 0 Å². The summed E-state index contributed by atoms with van der Waals surface area (Å²) in [4.78, 5) is 0. The first kappa shape index (κ1) is 14.8. The molecule has 0 spiro atoms. The molecule has 0 aromatic heterocycles. The molecule has 0 bridgehead atoms. The summed E-state index contributed by atoms with van der Waals surface area (Å²) >= 11 is 3.64. The second kappa shape index (κ2) is 7.21.